The van der Waals surface area contributed by atoms with E-state index in [2.05, 4.69) is 58.4 Å². The van der Waals surface area contributed by atoms with Crippen LogP contribution in [0.15, 0.2) is 40.2 Å². The molecular formula is C15H15BrN2S. The minimum atomic E-state index is 0.415. The van der Waals surface area contributed by atoms with Gasteiger partial charge in [0.05, 0.1) is 5.56 Å². The van der Waals surface area contributed by atoms with Crippen molar-refractivity contribution in [2.75, 3.05) is 11.9 Å². The summed E-state index contributed by atoms with van der Waals surface area (Å²) in [7, 11) is 2.09. The first-order chi connectivity index (χ1) is 9.11. The lowest BCUT2D eigenvalue weighted by Crippen LogP contribution is -2.30. The molecule has 0 fully saturated rings. The van der Waals surface area contributed by atoms with E-state index >= 15 is 0 Å². The normalized spacial score (nSPS) is 11.9. The molecule has 0 radical (unpaired) electrons. The first-order valence-corrected chi connectivity index (χ1v) is 7.74. The first kappa shape index (κ1) is 14.1. The van der Waals surface area contributed by atoms with Crippen LogP contribution in [0.2, 0.25) is 0 Å². The summed E-state index contributed by atoms with van der Waals surface area (Å²) < 4.78 is 0.850. The molecule has 1 atom stereocenters. The smallest absolute Gasteiger partial charge is 0.100 e. The van der Waals surface area contributed by atoms with Gasteiger partial charge in [-0.15, -0.1) is 11.3 Å². The average Bonchev–Trinajstić information content (AvgIpc) is 2.90. The Kier molecular flexibility index (Phi) is 4.62. The van der Waals surface area contributed by atoms with Gasteiger partial charge in [0.15, 0.2) is 0 Å². The molecule has 2 nitrogen and oxygen atoms in total. The fourth-order valence-corrected chi connectivity index (χ4v) is 3.21. The van der Waals surface area contributed by atoms with Crippen molar-refractivity contribution in [2.45, 2.75) is 19.4 Å². The van der Waals surface area contributed by atoms with Crippen LogP contribution < -0.4 is 4.90 Å². The molecule has 0 saturated carbocycles. The molecule has 0 aliphatic rings. The van der Waals surface area contributed by atoms with Crippen molar-refractivity contribution < 1.29 is 0 Å². The second-order valence-corrected chi connectivity index (χ2v) is 6.41. The Hall–Kier alpha value is -1.31. The highest BCUT2D eigenvalue weighted by Crippen LogP contribution is 2.25. The van der Waals surface area contributed by atoms with Crippen molar-refractivity contribution in [3.8, 4) is 6.07 Å². The van der Waals surface area contributed by atoms with Gasteiger partial charge in [-0.05, 0) is 52.5 Å². The number of anilines is 1. The van der Waals surface area contributed by atoms with Gasteiger partial charge in [0, 0.05) is 34.5 Å². The SMILES string of the molecule is CC(Cc1cccs1)N(C)c1ccc(C#N)c(Br)c1. The molecule has 1 aromatic heterocycles. The monoisotopic (exact) mass is 334 g/mol. The zero-order chi connectivity index (χ0) is 13.8. The molecule has 1 unspecified atom stereocenters. The number of benzene rings is 1. The first-order valence-electron chi connectivity index (χ1n) is 6.06. The van der Waals surface area contributed by atoms with Gasteiger partial charge in [0.2, 0.25) is 0 Å². The molecule has 0 spiro atoms. The number of likely N-dealkylation sites (N-methyl/N-ethyl adjacent to an activating group) is 1. The van der Waals surface area contributed by atoms with Gasteiger partial charge in [-0.1, -0.05) is 6.07 Å². The molecule has 0 saturated heterocycles. The maximum absolute atomic E-state index is 8.94. The van der Waals surface area contributed by atoms with Gasteiger partial charge < -0.3 is 4.90 Å². The van der Waals surface area contributed by atoms with Crippen molar-refractivity contribution in [1.82, 2.24) is 0 Å². The van der Waals surface area contributed by atoms with Crippen LogP contribution in [0.5, 0.6) is 0 Å². The molecule has 2 aromatic rings. The van der Waals surface area contributed by atoms with E-state index in [0.29, 0.717) is 11.6 Å². The summed E-state index contributed by atoms with van der Waals surface area (Å²) in [6, 6.07) is 12.7. The predicted molar refractivity (Wildman–Crippen MR) is 84.7 cm³/mol. The summed E-state index contributed by atoms with van der Waals surface area (Å²) in [6.07, 6.45) is 1.03. The topological polar surface area (TPSA) is 27.0 Å². The van der Waals surface area contributed by atoms with Crippen LogP contribution in [0.1, 0.15) is 17.4 Å². The Bertz CT molecular complexity index is 587. The van der Waals surface area contributed by atoms with Crippen molar-refractivity contribution in [3.63, 3.8) is 0 Å². The summed E-state index contributed by atoms with van der Waals surface area (Å²) in [5.74, 6) is 0. The maximum atomic E-state index is 8.94. The van der Waals surface area contributed by atoms with E-state index in [9.17, 15) is 0 Å². The molecular weight excluding hydrogens is 320 g/mol. The Morgan fingerprint density at radius 3 is 2.79 bits per heavy atom. The summed E-state index contributed by atoms with van der Waals surface area (Å²) in [5.41, 5.74) is 1.79. The fourth-order valence-electron chi connectivity index (χ4n) is 1.93. The number of nitrogens with zero attached hydrogens (tertiary/aromatic N) is 2. The molecule has 98 valence electrons. The molecule has 1 heterocycles. The van der Waals surface area contributed by atoms with Crippen LogP contribution in [0.3, 0.4) is 0 Å². The third-order valence-electron chi connectivity index (χ3n) is 3.22. The van der Waals surface area contributed by atoms with E-state index < -0.39 is 0 Å². The summed E-state index contributed by atoms with van der Waals surface area (Å²) in [6.45, 7) is 2.21. The number of halogens is 1. The van der Waals surface area contributed by atoms with E-state index in [1.54, 1.807) is 11.3 Å². The van der Waals surface area contributed by atoms with Crippen LogP contribution in [-0.4, -0.2) is 13.1 Å². The minimum Gasteiger partial charge on any atom is -0.371 e. The second kappa shape index (κ2) is 6.23. The molecule has 1 aromatic carbocycles. The van der Waals surface area contributed by atoms with Crippen molar-refractivity contribution in [1.29, 1.82) is 5.26 Å². The number of hydrogen-bond donors (Lipinski definition) is 0. The summed E-state index contributed by atoms with van der Waals surface area (Å²) in [4.78, 5) is 3.64. The van der Waals surface area contributed by atoms with Gasteiger partial charge >= 0.3 is 0 Å². The third-order valence-corrected chi connectivity index (χ3v) is 4.77. The molecule has 4 heteroatoms. The van der Waals surface area contributed by atoms with Crippen molar-refractivity contribution >= 4 is 33.0 Å². The van der Waals surface area contributed by atoms with Gasteiger partial charge in [0.25, 0.3) is 0 Å². The molecule has 0 aliphatic carbocycles. The predicted octanol–water partition coefficient (Wildman–Crippen LogP) is 4.45. The van der Waals surface area contributed by atoms with Crippen LogP contribution in [0.25, 0.3) is 0 Å². The number of hydrogen-bond acceptors (Lipinski definition) is 3. The van der Waals surface area contributed by atoms with Crippen LogP contribution in [-0.2, 0) is 6.42 Å². The molecule has 0 aliphatic heterocycles. The molecule has 19 heavy (non-hydrogen) atoms. The summed E-state index contributed by atoms with van der Waals surface area (Å²) >= 11 is 5.23. The quantitative estimate of drug-likeness (QED) is 0.825. The number of rotatable bonds is 4. The highest BCUT2D eigenvalue weighted by Gasteiger charge is 2.12. The Morgan fingerprint density at radius 2 is 2.21 bits per heavy atom. The number of nitriles is 1. The molecule has 0 amide bonds. The summed E-state index contributed by atoms with van der Waals surface area (Å²) in [5, 5.41) is 11.0. The van der Waals surface area contributed by atoms with Crippen LogP contribution in [0, 0.1) is 11.3 Å². The lowest BCUT2D eigenvalue weighted by molar-refractivity contribution is 0.688. The average molecular weight is 335 g/mol. The zero-order valence-corrected chi connectivity index (χ0v) is 13.3. The van der Waals surface area contributed by atoms with Crippen molar-refractivity contribution in [2.24, 2.45) is 0 Å². The van der Waals surface area contributed by atoms with E-state index in [-0.39, 0.29) is 0 Å². The van der Waals surface area contributed by atoms with Gasteiger partial charge in [0.1, 0.15) is 6.07 Å². The van der Waals surface area contributed by atoms with Crippen molar-refractivity contribution in [3.05, 3.63) is 50.6 Å². The van der Waals surface area contributed by atoms with E-state index in [4.69, 9.17) is 5.26 Å². The van der Waals surface area contributed by atoms with E-state index in [1.807, 2.05) is 18.2 Å². The van der Waals surface area contributed by atoms with Gasteiger partial charge in [-0.2, -0.15) is 5.26 Å². The largest absolute Gasteiger partial charge is 0.371 e. The lowest BCUT2D eigenvalue weighted by Gasteiger charge is -2.27. The zero-order valence-electron chi connectivity index (χ0n) is 10.9. The fraction of sp³-hybridized carbons (Fsp3) is 0.267. The standard InChI is InChI=1S/C15H15BrN2S/c1-11(8-14-4-3-7-19-14)18(2)13-6-5-12(10-17)15(16)9-13/h3-7,9,11H,8H2,1-2H3. The highest BCUT2D eigenvalue weighted by atomic mass is 79.9. The third kappa shape index (κ3) is 3.37. The van der Waals surface area contributed by atoms with E-state index in [1.165, 1.54) is 4.88 Å². The van der Waals surface area contributed by atoms with Crippen LogP contribution in [0.4, 0.5) is 5.69 Å². The highest BCUT2D eigenvalue weighted by molar-refractivity contribution is 9.10. The molecule has 0 N–H and O–H groups in total. The Balaban J connectivity index is 2.13. The lowest BCUT2D eigenvalue weighted by atomic mass is 10.1. The molecule has 2 rings (SSSR count). The minimum absolute atomic E-state index is 0.415. The maximum Gasteiger partial charge on any atom is 0.100 e. The van der Waals surface area contributed by atoms with Crippen LogP contribution >= 0.6 is 27.3 Å². The van der Waals surface area contributed by atoms with Gasteiger partial charge in [-0.25, -0.2) is 0 Å². The van der Waals surface area contributed by atoms with Gasteiger partial charge in [-0.3, -0.25) is 0 Å². The Labute approximate surface area is 126 Å². The molecule has 0 bridgehead atoms. The van der Waals surface area contributed by atoms with E-state index in [0.717, 1.165) is 16.6 Å². The second-order valence-electron chi connectivity index (χ2n) is 4.52. The number of thiophene rings is 1. The Morgan fingerprint density at radius 1 is 1.42 bits per heavy atom.